The second kappa shape index (κ2) is 4.76. The third-order valence-electron chi connectivity index (χ3n) is 1.42. The minimum absolute atomic E-state index is 0.0222. The Kier molecular flexibility index (Phi) is 3.63. The van der Waals surface area contributed by atoms with Crippen LogP contribution in [0.2, 0.25) is 5.02 Å². The largest absolute Gasteiger partial charge is 0.507 e. The number of halogens is 1. The van der Waals surface area contributed by atoms with Gasteiger partial charge in [-0.05, 0) is 18.2 Å². The van der Waals surface area contributed by atoms with Crippen molar-refractivity contribution >= 4 is 11.6 Å². The number of hydrogen-bond donors (Lipinski definition) is 2. The normalized spacial score (nSPS) is 9.08. The molecule has 0 unspecified atom stereocenters. The van der Waals surface area contributed by atoms with Crippen molar-refractivity contribution in [2.45, 2.75) is 6.42 Å². The van der Waals surface area contributed by atoms with E-state index in [4.69, 9.17) is 16.7 Å². The number of aliphatic hydroxyl groups excluding tert-OH is 1. The molecule has 0 radical (unpaired) electrons. The van der Waals surface area contributed by atoms with Gasteiger partial charge in [0.05, 0.1) is 12.2 Å². The molecule has 13 heavy (non-hydrogen) atoms. The number of hydrogen-bond acceptors (Lipinski definition) is 2. The van der Waals surface area contributed by atoms with Crippen molar-refractivity contribution in [3.05, 3.63) is 28.8 Å². The molecule has 0 saturated carbocycles. The molecule has 0 fully saturated rings. The van der Waals surface area contributed by atoms with E-state index in [1.54, 1.807) is 12.1 Å². The fourth-order valence-corrected chi connectivity index (χ4v) is 0.994. The molecule has 0 aliphatic rings. The van der Waals surface area contributed by atoms with Gasteiger partial charge in [-0.15, -0.1) is 0 Å². The minimum atomic E-state index is 0.0222. The van der Waals surface area contributed by atoms with Crippen LogP contribution in [0.3, 0.4) is 0 Å². The van der Waals surface area contributed by atoms with Crippen LogP contribution in [0.15, 0.2) is 18.2 Å². The molecule has 1 aromatic carbocycles. The molecule has 0 saturated heterocycles. The summed E-state index contributed by atoms with van der Waals surface area (Å²) in [7, 11) is 0. The van der Waals surface area contributed by atoms with E-state index >= 15 is 0 Å². The SMILES string of the molecule is OCCC#Cc1cc(Cl)ccc1O. The van der Waals surface area contributed by atoms with E-state index in [-0.39, 0.29) is 12.4 Å². The topological polar surface area (TPSA) is 40.5 Å². The van der Waals surface area contributed by atoms with Crippen LogP contribution in [0.25, 0.3) is 0 Å². The predicted octanol–water partition coefficient (Wildman–Crippen LogP) is 1.78. The third-order valence-corrected chi connectivity index (χ3v) is 1.65. The molecule has 0 heterocycles. The number of benzene rings is 1. The van der Waals surface area contributed by atoms with Gasteiger partial charge in [0.2, 0.25) is 0 Å². The van der Waals surface area contributed by atoms with Crippen LogP contribution >= 0.6 is 11.6 Å². The first-order valence-electron chi connectivity index (χ1n) is 3.82. The van der Waals surface area contributed by atoms with Crippen molar-refractivity contribution in [1.82, 2.24) is 0 Å². The van der Waals surface area contributed by atoms with E-state index in [1.807, 2.05) is 0 Å². The molecule has 3 heteroatoms. The third kappa shape index (κ3) is 2.98. The Morgan fingerprint density at radius 1 is 1.38 bits per heavy atom. The summed E-state index contributed by atoms with van der Waals surface area (Å²) in [6.45, 7) is 0.0222. The van der Waals surface area contributed by atoms with E-state index in [2.05, 4.69) is 11.8 Å². The molecule has 0 aromatic heterocycles. The van der Waals surface area contributed by atoms with Gasteiger partial charge in [0.25, 0.3) is 0 Å². The van der Waals surface area contributed by atoms with Crippen molar-refractivity contribution in [2.75, 3.05) is 6.61 Å². The lowest BCUT2D eigenvalue weighted by Gasteiger charge is -1.96. The average Bonchev–Trinajstić information content (AvgIpc) is 2.11. The average molecular weight is 197 g/mol. The number of rotatable bonds is 1. The fraction of sp³-hybridized carbons (Fsp3) is 0.200. The zero-order valence-corrected chi connectivity index (χ0v) is 7.67. The van der Waals surface area contributed by atoms with Crippen molar-refractivity contribution in [3.63, 3.8) is 0 Å². The molecule has 1 rings (SSSR count). The van der Waals surface area contributed by atoms with Gasteiger partial charge >= 0.3 is 0 Å². The molecule has 0 atom stereocenters. The molecule has 1 aromatic rings. The highest BCUT2D eigenvalue weighted by Gasteiger charge is 1.97. The Labute approximate surface area is 81.8 Å². The maximum atomic E-state index is 9.31. The van der Waals surface area contributed by atoms with Crippen LogP contribution in [0, 0.1) is 11.8 Å². The van der Waals surface area contributed by atoms with E-state index in [0.29, 0.717) is 17.0 Å². The predicted molar refractivity (Wildman–Crippen MR) is 51.7 cm³/mol. The molecule has 68 valence electrons. The fourth-order valence-electron chi connectivity index (χ4n) is 0.822. The highest BCUT2D eigenvalue weighted by Crippen LogP contribution is 2.20. The lowest BCUT2D eigenvalue weighted by Crippen LogP contribution is -1.79. The molecular formula is C10H9ClO2. The molecule has 0 amide bonds. The maximum absolute atomic E-state index is 9.31. The van der Waals surface area contributed by atoms with Crippen LogP contribution in [0.4, 0.5) is 0 Å². The van der Waals surface area contributed by atoms with Crippen LogP contribution < -0.4 is 0 Å². The van der Waals surface area contributed by atoms with E-state index < -0.39 is 0 Å². The summed E-state index contributed by atoms with van der Waals surface area (Å²) >= 11 is 5.70. The lowest BCUT2D eigenvalue weighted by molar-refractivity contribution is 0.305. The number of aliphatic hydroxyl groups is 1. The molecule has 0 spiro atoms. The van der Waals surface area contributed by atoms with E-state index in [1.165, 1.54) is 6.07 Å². The highest BCUT2D eigenvalue weighted by molar-refractivity contribution is 6.30. The minimum Gasteiger partial charge on any atom is -0.507 e. The summed E-state index contributed by atoms with van der Waals surface area (Å²) in [5.74, 6) is 5.52. The monoisotopic (exact) mass is 196 g/mol. The second-order valence-electron chi connectivity index (χ2n) is 2.44. The Hall–Kier alpha value is -1.17. The van der Waals surface area contributed by atoms with Crippen LogP contribution in [-0.4, -0.2) is 16.8 Å². The summed E-state index contributed by atoms with van der Waals surface area (Å²) < 4.78 is 0. The van der Waals surface area contributed by atoms with E-state index in [0.717, 1.165) is 0 Å². The van der Waals surface area contributed by atoms with Gasteiger partial charge in [-0.1, -0.05) is 23.4 Å². The van der Waals surface area contributed by atoms with Crippen LogP contribution in [0.1, 0.15) is 12.0 Å². The number of phenols is 1. The van der Waals surface area contributed by atoms with Crippen molar-refractivity contribution in [3.8, 4) is 17.6 Å². The van der Waals surface area contributed by atoms with Crippen molar-refractivity contribution in [2.24, 2.45) is 0 Å². The van der Waals surface area contributed by atoms with Crippen LogP contribution in [-0.2, 0) is 0 Å². The molecular weight excluding hydrogens is 188 g/mol. The summed E-state index contributed by atoms with van der Waals surface area (Å²) in [5, 5.41) is 18.3. The summed E-state index contributed by atoms with van der Waals surface area (Å²) in [4.78, 5) is 0. The lowest BCUT2D eigenvalue weighted by atomic mass is 10.2. The quantitative estimate of drug-likeness (QED) is 0.673. The van der Waals surface area contributed by atoms with Crippen LogP contribution in [0.5, 0.6) is 5.75 Å². The molecule has 2 nitrogen and oxygen atoms in total. The van der Waals surface area contributed by atoms with Gasteiger partial charge in [0, 0.05) is 11.4 Å². The number of phenolic OH excluding ortho intramolecular Hbond substituents is 1. The second-order valence-corrected chi connectivity index (χ2v) is 2.87. The zero-order valence-electron chi connectivity index (χ0n) is 6.92. The summed E-state index contributed by atoms with van der Waals surface area (Å²) in [6, 6.07) is 4.67. The molecule has 2 N–H and O–H groups in total. The van der Waals surface area contributed by atoms with Gasteiger partial charge in [0.15, 0.2) is 0 Å². The first kappa shape index (κ1) is 9.91. The smallest absolute Gasteiger partial charge is 0.131 e. The number of aromatic hydroxyl groups is 1. The Bertz CT molecular complexity index is 350. The Balaban J connectivity index is 2.89. The first-order chi connectivity index (χ1) is 6.24. The van der Waals surface area contributed by atoms with E-state index in [9.17, 15) is 5.11 Å². The van der Waals surface area contributed by atoms with Gasteiger partial charge in [-0.2, -0.15) is 0 Å². The Morgan fingerprint density at radius 2 is 2.15 bits per heavy atom. The van der Waals surface area contributed by atoms with Crippen molar-refractivity contribution < 1.29 is 10.2 Å². The highest BCUT2D eigenvalue weighted by atomic mass is 35.5. The van der Waals surface area contributed by atoms with Gasteiger partial charge in [0.1, 0.15) is 5.75 Å². The Morgan fingerprint density at radius 3 is 2.85 bits per heavy atom. The van der Waals surface area contributed by atoms with Crippen molar-refractivity contribution in [1.29, 1.82) is 0 Å². The van der Waals surface area contributed by atoms with Gasteiger partial charge in [-0.25, -0.2) is 0 Å². The summed E-state index contributed by atoms with van der Waals surface area (Å²) in [5.41, 5.74) is 0.487. The van der Waals surface area contributed by atoms with Gasteiger partial charge < -0.3 is 10.2 Å². The molecule has 0 aliphatic heterocycles. The molecule has 0 aliphatic carbocycles. The summed E-state index contributed by atoms with van der Waals surface area (Å²) in [6.07, 6.45) is 0.395. The molecule has 0 bridgehead atoms. The maximum Gasteiger partial charge on any atom is 0.131 e. The standard InChI is InChI=1S/C10H9ClO2/c11-9-4-5-10(13)8(7-9)3-1-2-6-12/h4-5,7,12-13H,2,6H2. The first-order valence-corrected chi connectivity index (χ1v) is 4.20. The zero-order chi connectivity index (χ0) is 9.68. The van der Waals surface area contributed by atoms with Gasteiger partial charge in [-0.3, -0.25) is 0 Å².